The molecular weight excluding hydrogens is 296 g/mol. The van der Waals surface area contributed by atoms with E-state index in [1.54, 1.807) is 19.9 Å². The maximum absolute atomic E-state index is 13.8. The fourth-order valence-corrected chi connectivity index (χ4v) is 1.95. The van der Waals surface area contributed by atoms with Crippen molar-refractivity contribution >= 4 is 17.6 Å². The average Bonchev–Trinajstić information content (AvgIpc) is 3.04. The number of hydrogen-bond donors (Lipinski definition) is 0. The number of rotatable bonds is 4. The largest absolute Gasteiger partial charge is 0.464 e. The highest BCUT2D eigenvalue weighted by molar-refractivity contribution is 5.80. The van der Waals surface area contributed by atoms with Gasteiger partial charge in [-0.1, -0.05) is 0 Å². The maximum Gasteiger partial charge on any atom is 0.386 e. The number of oxazole rings is 1. The topological polar surface area (TPSA) is 70.2 Å². The van der Waals surface area contributed by atoms with Gasteiger partial charge in [0.15, 0.2) is 5.89 Å². The molecule has 0 aliphatic heterocycles. The van der Waals surface area contributed by atoms with Crippen LogP contribution >= 0.6 is 0 Å². The van der Waals surface area contributed by atoms with Gasteiger partial charge in [0.1, 0.15) is 11.5 Å². The van der Waals surface area contributed by atoms with E-state index < -0.39 is 17.6 Å². The van der Waals surface area contributed by atoms with E-state index in [-0.39, 0.29) is 0 Å². The highest BCUT2D eigenvalue weighted by atomic mass is 19.3. The van der Waals surface area contributed by atoms with Gasteiger partial charge in [-0.25, -0.2) is 9.78 Å². The third-order valence-corrected chi connectivity index (χ3v) is 3.05. The molecule has 0 unspecified atom stereocenters. The molecule has 22 heavy (non-hydrogen) atoms. The van der Waals surface area contributed by atoms with Gasteiger partial charge in [-0.15, -0.1) is 0 Å². The Morgan fingerprint density at radius 3 is 2.73 bits per heavy atom. The van der Waals surface area contributed by atoms with Crippen molar-refractivity contribution in [3.63, 3.8) is 0 Å². The van der Waals surface area contributed by atoms with Gasteiger partial charge in [0, 0.05) is 14.0 Å². The Balaban J connectivity index is 2.38. The molecule has 0 atom stereocenters. The van der Waals surface area contributed by atoms with E-state index in [1.807, 2.05) is 0 Å². The highest BCUT2D eigenvalue weighted by Crippen LogP contribution is 2.30. The van der Waals surface area contributed by atoms with Gasteiger partial charge in [0.25, 0.3) is 0 Å². The number of allylic oxidation sites excluding steroid dienone is 1. The molecule has 0 aliphatic rings. The molecule has 0 bridgehead atoms. The maximum atomic E-state index is 13.8. The monoisotopic (exact) mass is 311 g/mol. The zero-order chi connectivity index (χ0) is 16.5. The zero-order valence-electron chi connectivity index (χ0n) is 12.6. The van der Waals surface area contributed by atoms with Crippen LogP contribution in [0.5, 0.6) is 0 Å². The summed E-state index contributed by atoms with van der Waals surface area (Å²) in [6.45, 7) is 3.42. The first-order chi connectivity index (χ1) is 10.3. The van der Waals surface area contributed by atoms with Crippen LogP contribution < -0.4 is 0 Å². The molecule has 8 heteroatoms. The lowest BCUT2D eigenvalue weighted by molar-refractivity contribution is -0.170. The van der Waals surface area contributed by atoms with Crippen LogP contribution in [0.15, 0.2) is 16.7 Å². The first-order valence-electron chi connectivity index (χ1n) is 6.37. The number of aryl methyl sites for hydroxylation is 2. The van der Waals surface area contributed by atoms with Crippen LogP contribution in [-0.2, 0) is 22.5 Å². The summed E-state index contributed by atoms with van der Waals surface area (Å²) < 4.78 is 38.3. The summed E-state index contributed by atoms with van der Waals surface area (Å²) in [4.78, 5) is 15.1. The first-order valence-corrected chi connectivity index (χ1v) is 6.37. The number of ether oxygens (including phenoxy) is 1. The van der Waals surface area contributed by atoms with E-state index in [2.05, 4.69) is 14.8 Å². The quantitative estimate of drug-likeness (QED) is 0.812. The van der Waals surface area contributed by atoms with Crippen molar-refractivity contribution in [2.75, 3.05) is 7.11 Å². The molecule has 0 aliphatic carbocycles. The number of nitrogens with zero attached hydrogens (tertiary/aromatic N) is 3. The molecule has 0 aromatic carbocycles. The van der Waals surface area contributed by atoms with E-state index in [0.29, 0.717) is 22.9 Å². The van der Waals surface area contributed by atoms with Crippen LogP contribution in [-0.4, -0.2) is 27.8 Å². The fraction of sp³-hybridized carbons (Fsp3) is 0.357. The third-order valence-electron chi connectivity index (χ3n) is 3.05. The molecule has 2 aromatic rings. The predicted octanol–water partition coefficient (Wildman–Crippen LogP) is 2.54. The molecule has 0 saturated heterocycles. The molecule has 118 valence electrons. The number of esters is 1. The number of halogens is 2. The Hall–Kier alpha value is -2.51. The van der Waals surface area contributed by atoms with Crippen LogP contribution in [0, 0.1) is 6.92 Å². The Labute approximate surface area is 125 Å². The summed E-state index contributed by atoms with van der Waals surface area (Å²) in [5.74, 6) is -4.45. The van der Waals surface area contributed by atoms with Crippen molar-refractivity contribution in [3.8, 4) is 0 Å². The summed E-state index contributed by atoms with van der Waals surface area (Å²) in [7, 11) is 2.41. The van der Waals surface area contributed by atoms with Crippen molar-refractivity contribution in [1.29, 1.82) is 0 Å². The van der Waals surface area contributed by atoms with Gasteiger partial charge in [0.05, 0.1) is 19.0 Å². The second kappa shape index (κ2) is 5.70. The second-order valence-corrected chi connectivity index (χ2v) is 4.71. The minimum atomic E-state index is -3.80. The van der Waals surface area contributed by atoms with Crippen molar-refractivity contribution in [2.45, 2.75) is 19.8 Å². The zero-order valence-corrected chi connectivity index (χ0v) is 12.6. The van der Waals surface area contributed by atoms with Gasteiger partial charge in [-0.3, -0.25) is 4.68 Å². The van der Waals surface area contributed by atoms with Crippen LogP contribution in [0.1, 0.15) is 30.0 Å². The highest BCUT2D eigenvalue weighted by Gasteiger charge is 2.45. The number of hydrogen-bond acceptors (Lipinski definition) is 5. The van der Waals surface area contributed by atoms with E-state index in [0.717, 1.165) is 13.2 Å². The van der Waals surface area contributed by atoms with Gasteiger partial charge in [0.2, 0.25) is 0 Å². The van der Waals surface area contributed by atoms with Crippen LogP contribution in [0.3, 0.4) is 0 Å². The second-order valence-electron chi connectivity index (χ2n) is 4.71. The molecule has 0 N–H and O–H groups in total. The fourth-order valence-electron chi connectivity index (χ4n) is 1.95. The smallest absolute Gasteiger partial charge is 0.386 e. The van der Waals surface area contributed by atoms with Crippen molar-refractivity contribution in [2.24, 2.45) is 7.05 Å². The summed E-state index contributed by atoms with van der Waals surface area (Å²) in [6, 6.07) is 1.14. The Kier molecular flexibility index (Phi) is 4.11. The lowest BCUT2D eigenvalue weighted by Crippen LogP contribution is -2.27. The Morgan fingerprint density at radius 2 is 2.18 bits per heavy atom. The van der Waals surface area contributed by atoms with Crippen LogP contribution in [0.2, 0.25) is 0 Å². The van der Waals surface area contributed by atoms with Gasteiger partial charge in [-0.2, -0.15) is 13.9 Å². The predicted molar refractivity (Wildman–Crippen MR) is 73.9 cm³/mol. The summed E-state index contributed by atoms with van der Waals surface area (Å²) in [5, 5.41) is 3.70. The first kappa shape index (κ1) is 15.9. The standard InChI is InChI=1S/C14H15F2N3O3/c1-8(5-10-7-17-9(2)22-10)11-6-12(18-19(11)3)14(15,16)13(20)21-4/h5-7H,1-4H3. The molecule has 6 nitrogen and oxygen atoms in total. The average molecular weight is 311 g/mol. The molecule has 2 aromatic heterocycles. The molecule has 2 rings (SSSR count). The van der Waals surface area contributed by atoms with E-state index in [9.17, 15) is 13.6 Å². The molecule has 0 fully saturated rings. The van der Waals surface area contributed by atoms with Crippen molar-refractivity contribution < 1.29 is 22.7 Å². The van der Waals surface area contributed by atoms with Crippen molar-refractivity contribution in [3.05, 3.63) is 35.3 Å². The molecule has 0 amide bonds. The number of methoxy groups -OCH3 is 1. The summed E-state index contributed by atoms with van der Waals surface area (Å²) in [5.41, 5.74) is 0.393. The summed E-state index contributed by atoms with van der Waals surface area (Å²) >= 11 is 0. The molecule has 0 saturated carbocycles. The number of aromatic nitrogens is 3. The molecule has 2 heterocycles. The van der Waals surface area contributed by atoms with E-state index in [1.165, 1.54) is 17.9 Å². The Morgan fingerprint density at radius 1 is 1.50 bits per heavy atom. The normalized spacial score (nSPS) is 12.5. The van der Waals surface area contributed by atoms with Gasteiger partial charge < -0.3 is 9.15 Å². The van der Waals surface area contributed by atoms with E-state index >= 15 is 0 Å². The van der Waals surface area contributed by atoms with Gasteiger partial charge in [-0.05, 0) is 24.6 Å². The molecule has 0 spiro atoms. The Bertz CT molecular complexity index is 732. The third kappa shape index (κ3) is 2.90. The van der Waals surface area contributed by atoms with Crippen LogP contribution in [0.25, 0.3) is 11.6 Å². The molecule has 0 radical (unpaired) electrons. The number of carbonyl (C=O) groups is 1. The lowest BCUT2D eigenvalue weighted by Gasteiger charge is -2.09. The molecular formula is C14H15F2N3O3. The number of alkyl halides is 2. The van der Waals surface area contributed by atoms with Gasteiger partial charge >= 0.3 is 11.9 Å². The van der Waals surface area contributed by atoms with E-state index in [4.69, 9.17) is 4.42 Å². The minimum Gasteiger partial charge on any atom is -0.464 e. The minimum absolute atomic E-state index is 0.424. The lowest BCUT2D eigenvalue weighted by atomic mass is 10.1. The SMILES string of the molecule is COC(=O)C(F)(F)c1cc(C(C)=Cc2cnc(C)o2)n(C)n1. The van der Waals surface area contributed by atoms with Crippen molar-refractivity contribution in [1.82, 2.24) is 14.8 Å². The number of carbonyl (C=O) groups excluding carboxylic acids is 1. The van der Waals surface area contributed by atoms with Crippen LogP contribution in [0.4, 0.5) is 8.78 Å². The summed E-state index contributed by atoms with van der Waals surface area (Å²) in [6.07, 6.45) is 3.18.